The maximum absolute atomic E-state index is 12.7. The Morgan fingerprint density at radius 2 is 1.79 bits per heavy atom. The van der Waals surface area contributed by atoms with E-state index in [2.05, 4.69) is 50.4 Å². The smallest absolute Gasteiger partial charge is 0.409 e. The third-order valence-electron chi connectivity index (χ3n) is 5.36. The summed E-state index contributed by atoms with van der Waals surface area (Å²) in [4.78, 5) is 12.7. The number of carbonyl (C=O) groups excluding carboxylic acids is 1. The number of aryl methyl sites for hydroxylation is 1. The molecule has 29 heavy (non-hydrogen) atoms. The summed E-state index contributed by atoms with van der Waals surface area (Å²) in [6, 6.07) is 20.0. The average molecular weight is 393 g/mol. The van der Waals surface area contributed by atoms with Gasteiger partial charge in [-0.1, -0.05) is 48.5 Å². The van der Waals surface area contributed by atoms with Crippen molar-refractivity contribution in [1.29, 1.82) is 0 Å². The fourth-order valence-electron chi connectivity index (χ4n) is 4.12. The Morgan fingerprint density at radius 1 is 1.14 bits per heavy atom. The molecule has 2 atom stereocenters. The third-order valence-corrected chi connectivity index (χ3v) is 5.36. The van der Waals surface area contributed by atoms with Gasteiger partial charge in [-0.3, -0.25) is 4.79 Å². The molecule has 0 aliphatic carbocycles. The van der Waals surface area contributed by atoms with Gasteiger partial charge < -0.3 is 14.6 Å². The van der Waals surface area contributed by atoms with Crippen molar-refractivity contribution in [2.45, 2.75) is 64.5 Å². The lowest BCUT2D eigenvalue weighted by Crippen LogP contribution is -2.46. The van der Waals surface area contributed by atoms with Gasteiger partial charge in [0.2, 0.25) is 5.91 Å². The van der Waals surface area contributed by atoms with E-state index in [1.54, 1.807) is 0 Å². The van der Waals surface area contributed by atoms with Gasteiger partial charge in [-0.2, -0.15) is 0 Å². The Hall–Kier alpha value is -2.11. The van der Waals surface area contributed by atoms with Gasteiger partial charge in [0.05, 0.1) is 5.60 Å². The topological polar surface area (TPSA) is 47.6 Å². The Kier molecular flexibility index (Phi) is 7.51. The van der Waals surface area contributed by atoms with E-state index in [1.165, 1.54) is 5.56 Å². The van der Waals surface area contributed by atoms with E-state index in [0.29, 0.717) is 6.42 Å². The van der Waals surface area contributed by atoms with Crippen LogP contribution >= 0.6 is 0 Å². The van der Waals surface area contributed by atoms with Crippen LogP contribution in [0.4, 0.5) is 5.69 Å². The SMILES string of the molecule is CC1CC(C)(C)OB(C[C@H](CCc2ccccc2)CC(=O)Nc2ccccc2)O1. The van der Waals surface area contributed by atoms with Crippen LogP contribution in [0.15, 0.2) is 60.7 Å². The first-order valence-corrected chi connectivity index (χ1v) is 10.6. The minimum absolute atomic E-state index is 0.0392. The Balaban J connectivity index is 1.63. The molecule has 1 amide bonds. The second-order valence-electron chi connectivity index (χ2n) is 8.70. The van der Waals surface area contributed by atoms with E-state index in [4.69, 9.17) is 9.31 Å². The van der Waals surface area contributed by atoms with Crippen molar-refractivity contribution < 1.29 is 14.1 Å². The maximum atomic E-state index is 12.7. The molecule has 3 rings (SSSR count). The molecule has 2 aromatic carbocycles. The van der Waals surface area contributed by atoms with Gasteiger partial charge in [-0.25, -0.2) is 0 Å². The number of benzene rings is 2. The number of para-hydroxylation sites is 1. The van der Waals surface area contributed by atoms with Gasteiger partial charge in [0.15, 0.2) is 0 Å². The van der Waals surface area contributed by atoms with E-state index in [9.17, 15) is 4.79 Å². The normalized spacial score (nSPS) is 19.6. The van der Waals surface area contributed by atoms with Crippen molar-refractivity contribution in [2.24, 2.45) is 5.92 Å². The second kappa shape index (κ2) is 10.1. The van der Waals surface area contributed by atoms with Gasteiger partial charge in [-0.15, -0.1) is 0 Å². The first-order chi connectivity index (χ1) is 13.9. The molecule has 5 heteroatoms. The first-order valence-electron chi connectivity index (χ1n) is 10.6. The van der Waals surface area contributed by atoms with Crippen molar-refractivity contribution in [3.63, 3.8) is 0 Å². The van der Waals surface area contributed by atoms with Crippen molar-refractivity contribution in [2.75, 3.05) is 5.32 Å². The molecule has 1 saturated heterocycles. The van der Waals surface area contributed by atoms with Crippen LogP contribution in [0.1, 0.15) is 45.6 Å². The fourth-order valence-corrected chi connectivity index (χ4v) is 4.12. The van der Waals surface area contributed by atoms with Crippen LogP contribution in [0.5, 0.6) is 0 Å². The highest BCUT2D eigenvalue weighted by molar-refractivity contribution is 6.44. The maximum Gasteiger partial charge on any atom is 0.457 e. The van der Waals surface area contributed by atoms with E-state index < -0.39 is 0 Å². The van der Waals surface area contributed by atoms with Gasteiger partial charge in [-0.05, 0) is 70.0 Å². The molecule has 1 fully saturated rings. The van der Waals surface area contributed by atoms with Crippen LogP contribution in [-0.2, 0) is 20.5 Å². The summed E-state index contributed by atoms with van der Waals surface area (Å²) in [7, 11) is -0.265. The summed E-state index contributed by atoms with van der Waals surface area (Å²) in [5.41, 5.74) is 1.93. The second-order valence-corrected chi connectivity index (χ2v) is 8.70. The Morgan fingerprint density at radius 3 is 2.45 bits per heavy atom. The standard InChI is InChI=1S/C24H32BNO3/c1-19-17-24(2,3)29-25(28-19)18-21(15-14-20-10-6-4-7-11-20)16-23(27)26-22-12-8-5-9-13-22/h4-13,19,21H,14-18H2,1-3H3,(H,26,27)/t19?,21-/m1/s1. The highest BCUT2D eigenvalue weighted by Crippen LogP contribution is 2.30. The molecule has 1 aliphatic heterocycles. The van der Waals surface area contributed by atoms with Crippen LogP contribution in [0.3, 0.4) is 0 Å². The van der Waals surface area contributed by atoms with Crippen molar-refractivity contribution in [3.05, 3.63) is 66.2 Å². The molecule has 0 spiro atoms. The summed E-state index contributed by atoms with van der Waals surface area (Å²) in [6.45, 7) is 6.32. The summed E-state index contributed by atoms with van der Waals surface area (Å²) >= 11 is 0. The van der Waals surface area contributed by atoms with Gasteiger partial charge >= 0.3 is 7.12 Å². The Bertz CT molecular complexity index is 766. The monoisotopic (exact) mass is 393 g/mol. The summed E-state index contributed by atoms with van der Waals surface area (Å²) in [5, 5.41) is 3.01. The molecule has 0 radical (unpaired) electrons. The number of anilines is 1. The van der Waals surface area contributed by atoms with Gasteiger partial charge in [0.25, 0.3) is 0 Å². The van der Waals surface area contributed by atoms with Crippen LogP contribution < -0.4 is 5.32 Å². The molecule has 1 N–H and O–H groups in total. The number of carbonyl (C=O) groups is 1. The Labute approximate surface area is 175 Å². The zero-order chi connectivity index (χ0) is 20.7. The molecule has 0 aromatic heterocycles. The number of rotatable bonds is 8. The predicted octanol–water partition coefficient (Wildman–Crippen LogP) is 5.36. The quantitative estimate of drug-likeness (QED) is 0.615. The fraction of sp³-hybridized carbons (Fsp3) is 0.458. The van der Waals surface area contributed by atoms with E-state index in [1.807, 2.05) is 36.4 Å². The molecule has 0 bridgehead atoms. The van der Waals surface area contributed by atoms with Crippen LogP contribution in [0.25, 0.3) is 0 Å². The highest BCUT2D eigenvalue weighted by Gasteiger charge is 2.38. The van der Waals surface area contributed by atoms with Crippen molar-refractivity contribution in [3.8, 4) is 0 Å². The molecular formula is C24H32BNO3. The lowest BCUT2D eigenvalue weighted by atomic mass is 9.71. The van der Waals surface area contributed by atoms with Crippen LogP contribution in [-0.4, -0.2) is 24.7 Å². The molecule has 4 nitrogen and oxygen atoms in total. The van der Waals surface area contributed by atoms with Crippen LogP contribution in [0.2, 0.25) is 6.32 Å². The lowest BCUT2D eigenvalue weighted by Gasteiger charge is -2.39. The van der Waals surface area contributed by atoms with E-state index in [0.717, 1.165) is 31.3 Å². The van der Waals surface area contributed by atoms with Crippen molar-refractivity contribution >= 4 is 18.7 Å². The molecular weight excluding hydrogens is 361 g/mol. The highest BCUT2D eigenvalue weighted by atomic mass is 16.6. The molecule has 0 saturated carbocycles. The molecule has 2 aromatic rings. The number of hydrogen-bond donors (Lipinski definition) is 1. The zero-order valence-electron chi connectivity index (χ0n) is 17.8. The van der Waals surface area contributed by atoms with E-state index >= 15 is 0 Å². The minimum Gasteiger partial charge on any atom is -0.409 e. The summed E-state index contributed by atoms with van der Waals surface area (Å²) in [5.74, 6) is 0.224. The molecule has 1 heterocycles. The molecule has 1 unspecified atom stereocenters. The third kappa shape index (κ3) is 7.34. The zero-order valence-corrected chi connectivity index (χ0v) is 17.8. The van der Waals surface area contributed by atoms with Gasteiger partial charge in [0.1, 0.15) is 0 Å². The number of hydrogen-bond acceptors (Lipinski definition) is 3. The van der Waals surface area contributed by atoms with E-state index in [-0.39, 0.29) is 30.6 Å². The summed E-state index contributed by atoms with van der Waals surface area (Å²) in [6.07, 6.45) is 4.09. The first kappa shape index (κ1) is 21.6. The van der Waals surface area contributed by atoms with Crippen molar-refractivity contribution in [1.82, 2.24) is 0 Å². The average Bonchev–Trinajstić information content (AvgIpc) is 2.66. The lowest BCUT2D eigenvalue weighted by molar-refractivity contribution is -0.117. The molecule has 154 valence electrons. The number of amides is 1. The molecule has 1 aliphatic rings. The van der Waals surface area contributed by atoms with Crippen LogP contribution in [0, 0.1) is 5.92 Å². The predicted molar refractivity (Wildman–Crippen MR) is 119 cm³/mol. The van der Waals surface area contributed by atoms with Gasteiger partial charge in [0, 0.05) is 18.2 Å². The summed E-state index contributed by atoms with van der Waals surface area (Å²) < 4.78 is 12.2. The minimum atomic E-state index is -0.265. The largest absolute Gasteiger partial charge is 0.457 e. The number of nitrogens with one attached hydrogen (secondary N) is 1.